The Morgan fingerprint density at radius 2 is 2.00 bits per heavy atom. The van der Waals surface area contributed by atoms with Crippen molar-refractivity contribution in [2.24, 2.45) is 0 Å². The van der Waals surface area contributed by atoms with Gasteiger partial charge in [0, 0.05) is 24.2 Å². The summed E-state index contributed by atoms with van der Waals surface area (Å²) in [6.07, 6.45) is 8.39. The van der Waals surface area contributed by atoms with E-state index >= 15 is 0 Å². The molecule has 4 heterocycles. The van der Waals surface area contributed by atoms with E-state index in [1.54, 1.807) is 10.9 Å². The summed E-state index contributed by atoms with van der Waals surface area (Å²) in [5.74, 6) is 0. The van der Waals surface area contributed by atoms with Gasteiger partial charge < -0.3 is 4.40 Å². The van der Waals surface area contributed by atoms with Gasteiger partial charge in [-0.05, 0) is 24.3 Å². The fraction of sp³-hybridized carbons (Fsp3) is 0.0588. The lowest BCUT2D eigenvalue weighted by Crippen LogP contribution is -1.95. The molecule has 0 bridgehead atoms. The van der Waals surface area contributed by atoms with Crippen LogP contribution in [0.25, 0.3) is 22.2 Å². The molecule has 0 radical (unpaired) electrons. The highest BCUT2D eigenvalue weighted by atomic mass is 15.4. The monoisotopic (exact) mass is 315 g/mol. The van der Waals surface area contributed by atoms with Gasteiger partial charge in [0.05, 0.1) is 35.0 Å². The number of fused-ring (bicyclic) bond motifs is 2. The van der Waals surface area contributed by atoms with Crippen molar-refractivity contribution < 1.29 is 0 Å². The average molecular weight is 315 g/mol. The number of H-pyrrole nitrogens is 1. The van der Waals surface area contributed by atoms with Crippen molar-refractivity contribution in [2.75, 3.05) is 0 Å². The molecule has 0 aliphatic heterocycles. The highest BCUT2D eigenvalue weighted by Crippen LogP contribution is 2.20. The van der Waals surface area contributed by atoms with Crippen LogP contribution in [0.3, 0.4) is 0 Å². The Morgan fingerprint density at radius 1 is 1.00 bits per heavy atom. The van der Waals surface area contributed by atoms with Crippen molar-refractivity contribution in [1.82, 2.24) is 34.6 Å². The minimum absolute atomic E-state index is 0.642. The predicted octanol–water partition coefficient (Wildman–Crippen LogP) is 2.38. The molecular weight excluding hydrogens is 302 g/mol. The van der Waals surface area contributed by atoms with Crippen molar-refractivity contribution in [3.05, 3.63) is 72.6 Å². The Labute approximate surface area is 136 Å². The number of rotatable bonds is 3. The van der Waals surface area contributed by atoms with Crippen LogP contribution >= 0.6 is 0 Å². The van der Waals surface area contributed by atoms with Gasteiger partial charge in [-0.1, -0.05) is 17.3 Å². The fourth-order valence-electron chi connectivity index (χ4n) is 2.91. The second-order valence-electron chi connectivity index (χ2n) is 5.64. The quantitative estimate of drug-likeness (QED) is 0.554. The molecule has 5 aromatic rings. The molecule has 0 amide bonds. The van der Waals surface area contributed by atoms with Crippen LogP contribution in [0.5, 0.6) is 0 Å². The van der Waals surface area contributed by atoms with E-state index in [4.69, 9.17) is 0 Å². The molecule has 0 spiro atoms. The zero-order valence-electron chi connectivity index (χ0n) is 12.7. The Balaban J connectivity index is 1.49. The van der Waals surface area contributed by atoms with E-state index in [1.807, 2.05) is 59.4 Å². The number of hydrogen-bond acceptors (Lipinski definition) is 4. The van der Waals surface area contributed by atoms with Gasteiger partial charge in [0.1, 0.15) is 5.65 Å². The minimum Gasteiger partial charge on any atom is -0.307 e. The molecule has 116 valence electrons. The summed E-state index contributed by atoms with van der Waals surface area (Å²) in [6.45, 7) is 0. The van der Waals surface area contributed by atoms with Crippen molar-refractivity contribution in [3.8, 4) is 5.69 Å². The molecule has 0 atom stereocenters. The second kappa shape index (κ2) is 5.02. The van der Waals surface area contributed by atoms with Crippen LogP contribution in [0.4, 0.5) is 0 Å². The Morgan fingerprint density at radius 3 is 2.96 bits per heavy atom. The van der Waals surface area contributed by atoms with Gasteiger partial charge in [-0.25, -0.2) is 9.67 Å². The fourth-order valence-corrected chi connectivity index (χ4v) is 2.91. The molecule has 24 heavy (non-hydrogen) atoms. The van der Waals surface area contributed by atoms with Crippen molar-refractivity contribution in [3.63, 3.8) is 0 Å². The molecule has 4 aromatic heterocycles. The molecule has 1 N–H and O–H groups in total. The highest BCUT2D eigenvalue weighted by molar-refractivity contribution is 5.86. The molecule has 0 unspecified atom stereocenters. The molecular formula is C17H13N7. The lowest BCUT2D eigenvalue weighted by molar-refractivity contribution is 0.803. The summed E-state index contributed by atoms with van der Waals surface area (Å²) in [7, 11) is 0. The molecule has 0 fully saturated rings. The van der Waals surface area contributed by atoms with Crippen LogP contribution < -0.4 is 0 Å². The lowest BCUT2D eigenvalue weighted by Gasteiger charge is -2.00. The Kier molecular flexibility index (Phi) is 2.72. The number of benzene rings is 1. The zero-order chi connectivity index (χ0) is 15.9. The second-order valence-corrected chi connectivity index (χ2v) is 5.64. The van der Waals surface area contributed by atoms with E-state index in [0.29, 0.717) is 6.42 Å². The maximum absolute atomic E-state index is 4.60. The van der Waals surface area contributed by atoms with E-state index in [1.165, 1.54) is 0 Å². The number of hydrogen-bond donors (Lipinski definition) is 1. The van der Waals surface area contributed by atoms with Crippen LogP contribution in [0, 0.1) is 0 Å². The standard InChI is InChI=1S/C17H13N7/c1-2-7-23-10-12(19-17(23)6-1)8-13-11-24(22-20-13)16-5-3-4-15-14(16)9-18-21-15/h1-7,9-11H,8H2,(H,18,21). The van der Waals surface area contributed by atoms with Crippen LogP contribution in [0.1, 0.15) is 11.4 Å². The largest absolute Gasteiger partial charge is 0.307 e. The molecule has 1 aromatic carbocycles. The molecule has 0 aliphatic rings. The van der Waals surface area contributed by atoms with Gasteiger partial charge in [0.25, 0.3) is 0 Å². The van der Waals surface area contributed by atoms with Gasteiger partial charge in [0.2, 0.25) is 0 Å². The first kappa shape index (κ1) is 13.0. The number of aromatic nitrogens is 7. The van der Waals surface area contributed by atoms with Crippen molar-refractivity contribution in [2.45, 2.75) is 6.42 Å². The maximum atomic E-state index is 4.60. The molecule has 7 nitrogen and oxygen atoms in total. The van der Waals surface area contributed by atoms with Crippen LogP contribution in [0.2, 0.25) is 0 Å². The number of nitrogens with zero attached hydrogens (tertiary/aromatic N) is 6. The SMILES string of the molecule is c1cc(-n2cc(Cc3cn4ccccc4n3)nn2)c2cn[nH]c2c1. The first-order chi connectivity index (χ1) is 11.9. The molecule has 0 saturated carbocycles. The summed E-state index contributed by atoms with van der Waals surface area (Å²) in [5, 5.41) is 16.6. The zero-order valence-corrected chi connectivity index (χ0v) is 12.7. The smallest absolute Gasteiger partial charge is 0.136 e. The summed E-state index contributed by atoms with van der Waals surface area (Å²) in [6, 6.07) is 11.9. The van der Waals surface area contributed by atoms with Gasteiger partial charge in [-0.2, -0.15) is 5.10 Å². The van der Waals surface area contributed by atoms with E-state index in [0.717, 1.165) is 33.6 Å². The topological polar surface area (TPSA) is 76.7 Å². The first-order valence-corrected chi connectivity index (χ1v) is 7.63. The summed E-state index contributed by atoms with van der Waals surface area (Å²) in [5.41, 5.74) is 4.71. The number of imidazole rings is 1. The van der Waals surface area contributed by atoms with Crippen LogP contribution in [-0.2, 0) is 6.42 Å². The van der Waals surface area contributed by atoms with Gasteiger partial charge in [0.15, 0.2) is 0 Å². The third-order valence-corrected chi connectivity index (χ3v) is 4.03. The van der Waals surface area contributed by atoms with Gasteiger partial charge >= 0.3 is 0 Å². The minimum atomic E-state index is 0.642. The molecule has 7 heteroatoms. The predicted molar refractivity (Wildman–Crippen MR) is 89.0 cm³/mol. The number of aromatic amines is 1. The van der Waals surface area contributed by atoms with Crippen LogP contribution in [-0.4, -0.2) is 34.6 Å². The molecule has 0 aliphatic carbocycles. The van der Waals surface area contributed by atoms with E-state index in [9.17, 15) is 0 Å². The van der Waals surface area contributed by atoms with E-state index < -0.39 is 0 Å². The summed E-state index contributed by atoms with van der Waals surface area (Å²) >= 11 is 0. The van der Waals surface area contributed by atoms with Gasteiger partial charge in [-0.3, -0.25) is 5.10 Å². The first-order valence-electron chi connectivity index (χ1n) is 7.63. The third-order valence-electron chi connectivity index (χ3n) is 4.03. The van der Waals surface area contributed by atoms with E-state index in [-0.39, 0.29) is 0 Å². The van der Waals surface area contributed by atoms with E-state index in [2.05, 4.69) is 25.5 Å². The average Bonchev–Trinajstić information content (AvgIpc) is 3.33. The van der Waals surface area contributed by atoms with Crippen molar-refractivity contribution >= 4 is 16.6 Å². The Hall–Kier alpha value is -3.48. The summed E-state index contributed by atoms with van der Waals surface area (Å²) in [4.78, 5) is 4.60. The Bertz CT molecular complexity index is 1110. The lowest BCUT2D eigenvalue weighted by atomic mass is 10.2. The van der Waals surface area contributed by atoms with Crippen LogP contribution in [0.15, 0.2) is 61.2 Å². The normalized spacial score (nSPS) is 11.5. The summed E-state index contributed by atoms with van der Waals surface area (Å²) < 4.78 is 3.79. The number of pyridine rings is 1. The van der Waals surface area contributed by atoms with Crippen molar-refractivity contribution in [1.29, 1.82) is 0 Å². The van der Waals surface area contributed by atoms with Gasteiger partial charge in [-0.15, -0.1) is 5.10 Å². The number of nitrogens with one attached hydrogen (secondary N) is 1. The molecule has 5 rings (SSSR count). The maximum Gasteiger partial charge on any atom is 0.136 e. The molecule has 0 saturated heterocycles. The highest BCUT2D eigenvalue weighted by Gasteiger charge is 2.09. The third kappa shape index (κ3) is 2.06.